The SMILES string of the molecule is CCC(=O)CCCCCC(N)(OC(=O)C(F)(F)F)c1nc(-c2ccc3ccccc3c2)n[nH]1. The van der Waals surface area contributed by atoms with Crippen LogP contribution in [0.2, 0.25) is 0 Å². The number of aromatic nitrogens is 3. The lowest BCUT2D eigenvalue weighted by Crippen LogP contribution is -2.45. The summed E-state index contributed by atoms with van der Waals surface area (Å²) in [5.41, 5.74) is 4.60. The number of ketones is 1. The van der Waals surface area contributed by atoms with E-state index in [1.54, 1.807) is 13.0 Å². The van der Waals surface area contributed by atoms with E-state index < -0.39 is 17.9 Å². The number of alkyl halides is 3. The third-order valence-corrected chi connectivity index (χ3v) is 5.30. The van der Waals surface area contributed by atoms with E-state index in [0.717, 1.165) is 10.8 Å². The number of nitrogens with one attached hydrogen (secondary N) is 1. The smallest absolute Gasteiger partial charge is 0.430 e. The van der Waals surface area contributed by atoms with Gasteiger partial charge in [-0.05, 0) is 29.7 Å². The van der Waals surface area contributed by atoms with Crippen LogP contribution in [0, 0.1) is 0 Å². The lowest BCUT2D eigenvalue weighted by Gasteiger charge is -2.27. The van der Waals surface area contributed by atoms with Crippen molar-refractivity contribution in [1.82, 2.24) is 15.2 Å². The minimum Gasteiger partial charge on any atom is -0.430 e. The van der Waals surface area contributed by atoms with Gasteiger partial charge in [-0.2, -0.15) is 18.3 Å². The molecule has 0 aliphatic carbocycles. The van der Waals surface area contributed by atoms with Crippen molar-refractivity contribution in [2.24, 2.45) is 5.73 Å². The number of hydrogen-bond donors (Lipinski definition) is 2. The van der Waals surface area contributed by atoms with Gasteiger partial charge in [0.25, 0.3) is 0 Å². The molecule has 33 heavy (non-hydrogen) atoms. The zero-order valence-electron chi connectivity index (χ0n) is 18.1. The number of ether oxygens (including phenoxy) is 1. The molecule has 0 radical (unpaired) electrons. The number of H-pyrrole nitrogens is 1. The van der Waals surface area contributed by atoms with Gasteiger partial charge in [0.05, 0.1) is 0 Å². The quantitative estimate of drug-likeness (QED) is 0.255. The summed E-state index contributed by atoms with van der Waals surface area (Å²) in [4.78, 5) is 27.2. The fourth-order valence-electron chi connectivity index (χ4n) is 3.41. The lowest BCUT2D eigenvalue weighted by molar-refractivity contribution is -0.216. The summed E-state index contributed by atoms with van der Waals surface area (Å²) in [5.74, 6) is -2.28. The fourth-order valence-corrected chi connectivity index (χ4v) is 3.41. The zero-order valence-corrected chi connectivity index (χ0v) is 18.1. The summed E-state index contributed by atoms with van der Waals surface area (Å²) in [6.07, 6.45) is -3.11. The molecule has 176 valence electrons. The number of carbonyl (C=O) groups is 2. The van der Waals surface area contributed by atoms with E-state index >= 15 is 0 Å². The normalized spacial score (nSPS) is 13.6. The van der Waals surface area contributed by atoms with Gasteiger partial charge in [0, 0.05) is 24.8 Å². The van der Waals surface area contributed by atoms with Crippen molar-refractivity contribution >= 4 is 22.5 Å². The van der Waals surface area contributed by atoms with Crippen molar-refractivity contribution in [3.05, 3.63) is 48.3 Å². The molecule has 0 aliphatic rings. The molecule has 0 bridgehead atoms. The van der Waals surface area contributed by atoms with Crippen LogP contribution in [0.25, 0.3) is 22.2 Å². The Labute approximate surface area is 188 Å². The van der Waals surface area contributed by atoms with Crippen molar-refractivity contribution in [3.8, 4) is 11.4 Å². The number of hydrogen-bond acceptors (Lipinski definition) is 6. The third kappa shape index (κ3) is 6.16. The number of halogens is 3. The van der Waals surface area contributed by atoms with Crippen LogP contribution in [-0.4, -0.2) is 33.1 Å². The molecular weight excluding hydrogens is 437 g/mol. The van der Waals surface area contributed by atoms with Crippen molar-refractivity contribution in [2.45, 2.75) is 57.3 Å². The molecule has 0 fully saturated rings. The van der Waals surface area contributed by atoms with Gasteiger partial charge in [-0.1, -0.05) is 49.7 Å². The molecule has 3 rings (SSSR count). The highest BCUT2D eigenvalue weighted by Crippen LogP contribution is 2.30. The maximum absolute atomic E-state index is 12.9. The van der Waals surface area contributed by atoms with Crippen molar-refractivity contribution in [3.63, 3.8) is 0 Å². The lowest BCUT2D eigenvalue weighted by atomic mass is 10.0. The molecule has 1 heterocycles. The Bertz CT molecular complexity index is 1130. The maximum Gasteiger partial charge on any atom is 0.491 e. The Hall–Kier alpha value is -3.27. The van der Waals surface area contributed by atoms with Gasteiger partial charge in [0.2, 0.25) is 5.72 Å². The monoisotopic (exact) mass is 462 g/mol. The largest absolute Gasteiger partial charge is 0.491 e. The summed E-state index contributed by atoms with van der Waals surface area (Å²) in [6.45, 7) is 1.76. The molecule has 1 aromatic heterocycles. The van der Waals surface area contributed by atoms with Gasteiger partial charge in [-0.15, -0.1) is 0 Å². The Morgan fingerprint density at radius 2 is 1.79 bits per heavy atom. The van der Waals surface area contributed by atoms with Crippen LogP contribution in [-0.2, 0) is 20.1 Å². The number of fused-ring (bicyclic) bond motifs is 1. The Balaban J connectivity index is 1.81. The molecule has 0 amide bonds. The van der Waals surface area contributed by atoms with Crippen molar-refractivity contribution < 1.29 is 27.5 Å². The topological polar surface area (TPSA) is 111 Å². The predicted molar refractivity (Wildman–Crippen MR) is 116 cm³/mol. The number of benzene rings is 2. The van der Waals surface area contributed by atoms with Crippen LogP contribution in [0.1, 0.15) is 51.3 Å². The first-order valence-corrected chi connectivity index (χ1v) is 10.6. The summed E-state index contributed by atoms with van der Waals surface area (Å²) < 4.78 is 43.3. The molecule has 2 aromatic carbocycles. The molecule has 1 unspecified atom stereocenters. The number of rotatable bonds is 10. The molecule has 0 spiro atoms. The van der Waals surface area contributed by atoms with Crippen LogP contribution in [0.4, 0.5) is 13.2 Å². The average molecular weight is 462 g/mol. The number of esters is 1. The summed E-state index contributed by atoms with van der Waals surface area (Å²) in [7, 11) is 0. The van der Waals surface area contributed by atoms with E-state index in [2.05, 4.69) is 19.9 Å². The van der Waals surface area contributed by atoms with E-state index in [0.29, 0.717) is 37.7 Å². The van der Waals surface area contributed by atoms with Gasteiger partial charge in [-0.3, -0.25) is 15.6 Å². The predicted octanol–water partition coefficient (Wildman–Crippen LogP) is 4.77. The van der Waals surface area contributed by atoms with Crippen LogP contribution >= 0.6 is 0 Å². The van der Waals surface area contributed by atoms with E-state index in [1.807, 2.05) is 36.4 Å². The third-order valence-electron chi connectivity index (χ3n) is 5.30. The van der Waals surface area contributed by atoms with Crippen LogP contribution < -0.4 is 5.73 Å². The second-order valence-corrected chi connectivity index (χ2v) is 7.80. The highest BCUT2D eigenvalue weighted by Gasteiger charge is 2.47. The molecule has 0 saturated heterocycles. The minimum absolute atomic E-state index is 0.104. The number of carbonyl (C=O) groups excluding carboxylic acids is 2. The fraction of sp³-hybridized carbons (Fsp3) is 0.391. The minimum atomic E-state index is -5.21. The summed E-state index contributed by atoms with van der Waals surface area (Å²) in [6, 6.07) is 13.1. The average Bonchev–Trinajstić information content (AvgIpc) is 3.29. The first kappa shape index (κ1) is 24.4. The molecule has 7 nitrogen and oxygen atoms in total. The molecule has 0 saturated carbocycles. The molecule has 10 heteroatoms. The molecule has 1 atom stereocenters. The second-order valence-electron chi connectivity index (χ2n) is 7.80. The number of nitrogens with zero attached hydrogens (tertiary/aromatic N) is 2. The highest BCUT2D eigenvalue weighted by molar-refractivity contribution is 5.86. The first-order valence-electron chi connectivity index (χ1n) is 10.6. The van der Waals surface area contributed by atoms with E-state index in [1.165, 1.54) is 0 Å². The van der Waals surface area contributed by atoms with E-state index in [9.17, 15) is 22.8 Å². The van der Waals surface area contributed by atoms with Gasteiger partial charge in [0.15, 0.2) is 11.6 Å². The van der Waals surface area contributed by atoms with E-state index in [4.69, 9.17) is 5.73 Å². The first-order chi connectivity index (χ1) is 15.6. The zero-order chi connectivity index (χ0) is 24.1. The number of unbranched alkanes of at least 4 members (excludes halogenated alkanes) is 2. The van der Waals surface area contributed by atoms with Crippen molar-refractivity contribution in [2.75, 3.05) is 0 Å². The Morgan fingerprint density at radius 3 is 2.48 bits per heavy atom. The van der Waals surface area contributed by atoms with Crippen molar-refractivity contribution in [1.29, 1.82) is 0 Å². The van der Waals surface area contributed by atoms with Gasteiger partial charge < -0.3 is 4.74 Å². The molecule has 3 N–H and O–H groups in total. The molecule has 0 aliphatic heterocycles. The highest BCUT2D eigenvalue weighted by atomic mass is 19.4. The number of aromatic amines is 1. The second kappa shape index (κ2) is 10.1. The maximum atomic E-state index is 12.9. The summed E-state index contributed by atoms with van der Waals surface area (Å²) >= 11 is 0. The van der Waals surface area contributed by atoms with Crippen LogP contribution in [0.5, 0.6) is 0 Å². The van der Waals surface area contributed by atoms with Gasteiger partial charge in [0.1, 0.15) is 5.78 Å². The number of nitrogens with two attached hydrogens (primary N) is 1. The number of Topliss-reactive ketones (excluding diaryl/α,β-unsaturated/α-hetero) is 1. The molecule has 3 aromatic rings. The Kier molecular flexibility index (Phi) is 7.47. The Morgan fingerprint density at radius 1 is 1.06 bits per heavy atom. The standard InChI is InChI=1S/C23H25F3N4O3/c1-2-18(31)10-4-3-7-13-22(27,33-21(32)23(24,25)26)20-28-19(29-30-20)17-12-11-15-8-5-6-9-16(15)14-17/h5-6,8-9,11-12,14H,2-4,7,10,13,27H2,1H3,(H,28,29,30). The van der Waals surface area contributed by atoms with E-state index in [-0.39, 0.29) is 23.9 Å². The molecular formula is C23H25F3N4O3. The van der Waals surface area contributed by atoms with Gasteiger partial charge >= 0.3 is 12.1 Å². The van der Waals surface area contributed by atoms with Gasteiger partial charge in [-0.25, -0.2) is 9.78 Å². The summed E-state index contributed by atoms with van der Waals surface area (Å²) in [5, 5.41) is 8.55. The van der Waals surface area contributed by atoms with Crippen LogP contribution in [0.15, 0.2) is 42.5 Å². The van der Waals surface area contributed by atoms with Crippen LogP contribution in [0.3, 0.4) is 0 Å².